The van der Waals surface area contributed by atoms with Gasteiger partial charge < -0.3 is 18.9 Å². The number of allylic oxidation sites excluding steroid dienone is 1. The highest BCUT2D eigenvalue weighted by molar-refractivity contribution is 5.81. The Morgan fingerprint density at radius 2 is 2.07 bits per heavy atom. The summed E-state index contributed by atoms with van der Waals surface area (Å²) in [5.41, 5.74) is 0.578. The topological polar surface area (TPSA) is 54.0 Å². The first kappa shape index (κ1) is 21.3. The largest absolute Gasteiger partial charge is 0.466 e. The van der Waals surface area contributed by atoms with Crippen LogP contribution in [-0.2, 0) is 24.6 Å². The molecule has 1 aliphatic carbocycles. The molecular formula is C24H31FO5. The van der Waals surface area contributed by atoms with Gasteiger partial charge in [0.2, 0.25) is 0 Å². The van der Waals surface area contributed by atoms with E-state index in [0.717, 1.165) is 63.4 Å². The van der Waals surface area contributed by atoms with E-state index in [9.17, 15) is 9.18 Å². The maximum atomic E-state index is 14.4. The summed E-state index contributed by atoms with van der Waals surface area (Å²) in [6, 6.07) is 4.95. The fourth-order valence-corrected chi connectivity index (χ4v) is 4.95. The van der Waals surface area contributed by atoms with Crippen LogP contribution in [0.2, 0.25) is 0 Å². The Balaban J connectivity index is 1.40. The number of methoxy groups -OCH3 is 1. The van der Waals surface area contributed by atoms with Crippen LogP contribution in [0.3, 0.4) is 0 Å². The van der Waals surface area contributed by atoms with E-state index < -0.39 is 5.60 Å². The van der Waals surface area contributed by atoms with Crippen LogP contribution in [0.15, 0.2) is 30.4 Å². The van der Waals surface area contributed by atoms with Crippen molar-refractivity contribution in [1.82, 2.24) is 0 Å². The molecule has 6 heteroatoms. The molecule has 0 amide bonds. The van der Waals surface area contributed by atoms with Gasteiger partial charge in [0.05, 0.1) is 25.9 Å². The Morgan fingerprint density at radius 3 is 2.73 bits per heavy atom. The highest BCUT2D eigenvalue weighted by atomic mass is 19.1. The van der Waals surface area contributed by atoms with Crippen LogP contribution >= 0.6 is 0 Å². The van der Waals surface area contributed by atoms with Crippen molar-refractivity contribution in [3.05, 3.63) is 41.7 Å². The SMILES string of the molecule is COC(=O)C=CCCC12CCC(c3cc(F)cc(OC4CCCCO4)c3)(CC1)OC2. The number of hydrogen-bond acceptors (Lipinski definition) is 5. The molecular weight excluding hydrogens is 387 g/mol. The molecule has 0 spiro atoms. The van der Waals surface area contributed by atoms with Crippen LogP contribution in [0.25, 0.3) is 0 Å². The first-order chi connectivity index (χ1) is 14.5. The number of carbonyl (C=O) groups excluding carboxylic acids is 1. The third-order valence-corrected chi connectivity index (χ3v) is 6.87. The summed E-state index contributed by atoms with van der Waals surface area (Å²) < 4.78 is 37.0. The van der Waals surface area contributed by atoms with Gasteiger partial charge in [0.25, 0.3) is 0 Å². The molecule has 30 heavy (non-hydrogen) atoms. The molecule has 0 N–H and O–H groups in total. The summed E-state index contributed by atoms with van der Waals surface area (Å²) in [7, 11) is 1.38. The first-order valence-electron chi connectivity index (χ1n) is 11.0. The monoisotopic (exact) mass is 418 g/mol. The molecule has 4 fully saturated rings. The van der Waals surface area contributed by atoms with Gasteiger partial charge in [-0.2, -0.15) is 0 Å². The first-order valence-corrected chi connectivity index (χ1v) is 11.0. The van der Waals surface area contributed by atoms with E-state index in [2.05, 4.69) is 4.74 Å². The number of fused-ring (bicyclic) bond motifs is 3. The molecule has 1 atom stereocenters. The molecule has 1 saturated carbocycles. The molecule has 5 rings (SSSR count). The lowest BCUT2D eigenvalue weighted by atomic mass is 9.62. The highest BCUT2D eigenvalue weighted by Crippen LogP contribution is 2.55. The van der Waals surface area contributed by atoms with Crippen molar-refractivity contribution < 1.29 is 28.1 Å². The number of rotatable bonds is 7. The number of carbonyl (C=O) groups is 1. The molecule has 5 nitrogen and oxygen atoms in total. The molecule has 3 aliphatic heterocycles. The molecule has 0 aromatic heterocycles. The summed E-state index contributed by atoms with van der Waals surface area (Å²) in [5.74, 6) is -0.102. The van der Waals surface area contributed by atoms with Gasteiger partial charge in [-0.05, 0) is 74.5 Å². The zero-order chi connectivity index (χ0) is 21.0. The molecule has 4 aliphatic rings. The Hall–Kier alpha value is -1.92. The Kier molecular flexibility index (Phi) is 6.44. The van der Waals surface area contributed by atoms with E-state index in [-0.39, 0.29) is 23.5 Å². The lowest BCUT2D eigenvalue weighted by Gasteiger charge is -2.53. The van der Waals surface area contributed by atoms with E-state index in [1.807, 2.05) is 12.1 Å². The highest BCUT2D eigenvalue weighted by Gasteiger charge is 2.50. The zero-order valence-corrected chi connectivity index (χ0v) is 17.7. The van der Waals surface area contributed by atoms with Gasteiger partial charge >= 0.3 is 5.97 Å². The number of benzene rings is 1. The van der Waals surface area contributed by atoms with Gasteiger partial charge in [0, 0.05) is 18.6 Å². The Labute approximate surface area is 177 Å². The average Bonchev–Trinajstić information content (AvgIpc) is 2.78. The fraction of sp³-hybridized carbons (Fsp3) is 0.625. The van der Waals surface area contributed by atoms with Crippen molar-refractivity contribution in [2.45, 2.75) is 69.7 Å². The molecule has 2 bridgehead atoms. The van der Waals surface area contributed by atoms with Gasteiger partial charge in [-0.1, -0.05) is 6.08 Å². The number of esters is 1. The second-order valence-corrected chi connectivity index (χ2v) is 8.84. The molecule has 164 valence electrons. The minimum absolute atomic E-state index is 0.144. The van der Waals surface area contributed by atoms with Gasteiger partial charge in [0.15, 0.2) is 6.29 Å². The number of halogens is 1. The number of hydrogen-bond donors (Lipinski definition) is 0. The summed E-state index contributed by atoms with van der Waals surface area (Å²) in [4.78, 5) is 11.2. The average molecular weight is 419 g/mol. The minimum Gasteiger partial charge on any atom is -0.466 e. The predicted molar refractivity (Wildman–Crippen MR) is 110 cm³/mol. The maximum Gasteiger partial charge on any atom is 0.330 e. The lowest BCUT2D eigenvalue weighted by Crippen LogP contribution is -2.49. The quantitative estimate of drug-likeness (QED) is 0.459. The van der Waals surface area contributed by atoms with Crippen molar-refractivity contribution >= 4 is 5.97 Å². The van der Waals surface area contributed by atoms with Crippen molar-refractivity contribution in [2.75, 3.05) is 20.3 Å². The second-order valence-electron chi connectivity index (χ2n) is 8.84. The normalized spacial score (nSPS) is 31.1. The smallest absolute Gasteiger partial charge is 0.330 e. The van der Waals surface area contributed by atoms with E-state index >= 15 is 0 Å². The van der Waals surface area contributed by atoms with Crippen molar-refractivity contribution in [3.8, 4) is 5.75 Å². The Morgan fingerprint density at radius 1 is 1.23 bits per heavy atom. The third kappa shape index (κ3) is 4.70. The maximum absolute atomic E-state index is 14.4. The molecule has 3 saturated heterocycles. The molecule has 3 heterocycles. The fourth-order valence-electron chi connectivity index (χ4n) is 4.95. The van der Waals surface area contributed by atoms with E-state index in [0.29, 0.717) is 19.0 Å². The molecule has 0 radical (unpaired) electrons. The van der Waals surface area contributed by atoms with Gasteiger partial charge in [0.1, 0.15) is 11.6 Å². The minimum atomic E-state index is -0.433. The zero-order valence-electron chi connectivity index (χ0n) is 17.7. The third-order valence-electron chi connectivity index (χ3n) is 6.87. The van der Waals surface area contributed by atoms with Crippen molar-refractivity contribution in [3.63, 3.8) is 0 Å². The van der Waals surface area contributed by atoms with Crippen LogP contribution in [0.5, 0.6) is 5.75 Å². The Bertz CT molecular complexity index is 759. The summed E-state index contributed by atoms with van der Waals surface area (Å²) in [6.07, 6.45) is 11.6. The van der Waals surface area contributed by atoms with Crippen molar-refractivity contribution in [1.29, 1.82) is 0 Å². The standard InChI is InChI=1S/C24H31FO5/c1-27-21(26)6-2-4-8-23-9-11-24(12-10-23,29-17-23)18-14-19(25)16-20(15-18)30-22-7-3-5-13-28-22/h2,6,14-16,22H,3-5,7-13,17H2,1H3. The summed E-state index contributed by atoms with van der Waals surface area (Å²) in [6.45, 7) is 1.36. The van der Waals surface area contributed by atoms with Crippen LogP contribution in [-0.4, -0.2) is 32.6 Å². The molecule has 1 aromatic carbocycles. The van der Waals surface area contributed by atoms with E-state index in [1.165, 1.54) is 19.3 Å². The van der Waals surface area contributed by atoms with Gasteiger partial charge in [-0.3, -0.25) is 0 Å². The molecule has 1 aromatic rings. The second kappa shape index (κ2) is 9.06. The van der Waals surface area contributed by atoms with Gasteiger partial charge in [-0.15, -0.1) is 0 Å². The van der Waals surface area contributed by atoms with E-state index in [1.54, 1.807) is 6.07 Å². The summed E-state index contributed by atoms with van der Waals surface area (Å²) >= 11 is 0. The van der Waals surface area contributed by atoms with Crippen LogP contribution in [0.1, 0.15) is 63.4 Å². The number of ether oxygens (including phenoxy) is 4. The van der Waals surface area contributed by atoms with Crippen molar-refractivity contribution in [2.24, 2.45) is 5.41 Å². The summed E-state index contributed by atoms with van der Waals surface area (Å²) in [5, 5.41) is 0. The van der Waals surface area contributed by atoms with Crippen LogP contribution in [0, 0.1) is 11.2 Å². The molecule has 1 unspecified atom stereocenters. The van der Waals surface area contributed by atoms with Crippen LogP contribution < -0.4 is 4.74 Å². The van der Waals surface area contributed by atoms with Crippen LogP contribution in [0.4, 0.5) is 4.39 Å². The van der Waals surface area contributed by atoms with Gasteiger partial charge in [-0.25, -0.2) is 9.18 Å². The van der Waals surface area contributed by atoms with E-state index in [4.69, 9.17) is 14.2 Å². The predicted octanol–water partition coefficient (Wildman–Crippen LogP) is 5.03. The lowest BCUT2D eigenvalue weighted by molar-refractivity contribution is -0.191.